The molecule has 0 spiro atoms. The summed E-state index contributed by atoms with van der Waals surface area (Å²) in [5.74, 6) is 0.483. The van der Waals surface area contributed by atoms with E-state index in [-0.39, 0.29) is 16.7 Å². The maximum atomic E-state index is 12.0. The number of carbonyl (C=O) groups is 2. The molecule has 21 heavy (non-hydrogen) atoms. The van der Waals surface area contributed by atoms with Crippen molar-refractivity contribution in [2.75, 3.05) is 6.54 Å². The van der Waals surface area contributed by atoms with Crippen LogP contribution in [-0.4, -0.2) is 18.2 Å². The van der Waals surface area contributed by atoms with Crippen molar-refractivity contribution >= 4 is 11.7 Å². The predicted octanol–water partition coefficient (Wildman–Crippen LogP) is 4.49. The van der Waals surface area contributed by atoms with Gasteiger partial charge >= 0.3 is 0 Å². The Hall–Kier alpha value is -0.860. The van der Waals surface area contributed by atoms with Crippen LogP contribution in [0.4, 0.5) is 0 Å². The highest BCUT2D eigenvalue weighted by molar-refractivity contribution is 5.78. The highest BCUT2D eigenvalue weighted by Crippen LogP contribution is 2.35. The van der Waals surface area contributed by atoms with Crippen molar-refractivity contribution < 1.29 is 9.59 Å². The lowest BCUT2D eigenvalue weighted by atomic mass is 9.74. The fourth-order valence-corrected chi connectivity index (χ4v) is 3.02. The third-order valence-corrected chi connectivity index (χ3v) is 3.50. The monoisotopic (exact) mass is 297 g/mol. The van der Waals surface area contributed by atoms with Crippen LogP contribution in [0.2, 0.25) is 0 Å². The van der Waals surface area contributed by atoms with Crippen molar-refractivity contribution in [1.82, 2.24) is 5.32 Å². The number of amides is 1. The second-order valence-electron chi connectivity index (χ2n) is 8.13. The summed E-state index contributed by atoms with van der Waals surface area (Å²) >= 11 is 0. The fraction of sp³-hybridized carbons (Fsp3) is 0.889. The molecule has 0 aromatic carbocycles. The molecule has 0 aromatic heterocycles. The van der Waals surface area contributed by atoms with Gasteiger partial charge in [-0.25, -0.2) is 0 Å². The van der Waals surface area contributed by atoms with Crippen LogP contribution in [0.1, 0.15) is 86.5 Å². The molecule has 0 radical (unpaired) electrons. The summed E-state index contributed by atoms with van der Waals surface area (Å²) in [5.41, 5.74) is 0.283. The van der Waals surface area contributed by atoms with Gasteiger partial charge in [0.05, 0.1) is 0 Å². The molecule has 0 aliphatic rings. The Balaban J connectivity index is 3.78. The quantitative estimate of drug-likeness (QED) is 0.604. The second kappa shape index (κ2) is 9.22. The average molecular weight is 297 g/mol. The van der Waals surface area contributed by atoms with E-state index in [2.05, 4.69) is 39.9 Å². The number of ketones is 1. The van der Waals surface area contributed by atoms with Crippen LogP contribution in [0.5, 0.6) is 0 Å². The number of nitrogens with one attached hydrogen (secondary N) is 1. The molecule has 124 valence electrons. The standard InChI is InChI=1S/C18H35NO2/c1-7-15(20)11-9-8-10-12-19-16(21)13-18(5,6)14-17(2,3)4/h7-14H2,1-6H3,(H,19,21). The first-order valence-corrected chi connectivity index (χ1v) is 8.34. The van der Waals surface area contributed by atoms with Gasteiger partial charge in [0.15, 0.2) is 0 Å². The van der Waals surface area contributed by atoms with Crippen molar-refractivity contribution in [3.05, 3.63) is 0 Å². The summed E-state index contributed by atoms with van der Waals surface area (Å²) in [7, 11) is 0. The molecule has 1 amide bonds. The van der Waals surface area contributed by atoms with Crippen LogP contribution in [0.3, 0.4) is 0 Å². The average Bonchev–Trinajstić information content (AvgIpc) is 2.29. The summed E-state index contributed by atoms with van der Waals surface area (Å²) in [5, 5.41) is 3.00. The first-order chi connectivity index (χ1) is 9.56. The van der Waals surface area contributed by atoms with Crippen molar-refractivity contribution in [3.8, 4) is 0 Å². The minimum absolute atomic E-state index is 0.0376. The Kier molecular flexibility index (Phi) is 8.84. The molecule has 0 unspecified atom stereocenters. The number of hydrogen-bond acceptors (Lipinski definition) is 2. The van der Waals surface area contributed by atoms with Crippen molar-refractivity contribution in [3.63, 3.8) is 0 Å². The zero-order valence-corrected chi connectivity index (χ0v) is 15.0. The van der Waals surface area contributed by atoms with Crippen molar-refractivity contribution in [1.29, 1.82) is 0 Å². The van der Waals surface area contributed by atoms with Gasteiger partial charge in [0.1, 0.15) is 5.78 Å². The van der Waals surface area contributed by atoms with E-state index in [0.717, 1.165) is 32.2 Å². The molecular weight excluding hydrogens is 262 g/mol. The van der Waals surface area contributed by atoms with E-state index in [9.17, 15) is 9.59 Å². The number of rotatable bonds is 10. The summed E-state index contributed by atoms with van der Waals surface area (Å²) in [6.07, 6.45) is 5.85. The van der Waals surface area contributed by atoms with Gasteiger partial charge in [0.25, 0.3) is 0 Å². The Morgan fingerprint density at radius 3 is 2.10 bits per heavy atom. The van der Waals surface area contributed by atoms with E-state index >= 15 is 0 Å². The molecular formula is C18H35NO2. The van der Waals surface area contributed by atoms with Crippen LogP contribution in [0, 0.1) is 10.8 Å². The van der Waals surface area contributed by atoms with Crippen LogP contribution in [0.15, 0.2) is 0 Å². The van der Waals surface area contributed by atoms with Crippen LogP contribution >= 0.6 is 0 Å². The van der Waals surface area contributed by atoms with Gasteiger partial charge in [-0.15, -0.1) is 0 Å². The van der Waals surface area contributed by atoms with E-state index < -0.39 is 0 Å². The highest BCUT2D eigenvalue weighted by Gasteiger charge is 2.27. The van der Waals surface area contributed by atoms with Crippen LogP contribution in [-0.2, 0) is 9.59 Å². The van der Waals surface area contributed by atoms with Gasteiger partial charge < -0.3 is 5.32 Å². The minimum Gasteiger partial charge on any atom is -0.356 e. The maximum absolute atomic E-state index is 12.0. The topological polar surface area (TPSA) is 46.2 Å². The van der Waals surface area contributed by atoms with Gasteiger partial charge in [-0.05, 0) is 30.1 Å². The second-order valence-corrected chi connectivity index (χ2v) is 8.13. The molecule has 0 rings (SSSR count). The van der Waals surface area contributed by atoms with Gasteiger partial charge in [-0.3, -0.25) is 9.59 Å². The normalized spacial score (nSPS) is 12.3. The van der Waals surface area contributed by atoms with Crippen molar-refractivity contribution in [2.45, 2.75) is 86.5 Å². The lowest BCUT2D eigenvalue weighted by Gasteiger charge is -2.31. The van der Waals surface area contributed by atoms with Crippen molar-refractivity contribution in [2.24, 2.45) is 10.8 Å². The predicted molar refractivity (Wildman–Crippen MR) is 89.2 cm³/mol. The van der Waals surface area contributed by atoms with Gasteiger partial charge in [0.2, 0.25) is 5.91 Å². The molecule has 0 saturated heterocycles. The van der Waals surface area contributed by atoms with Crippen LogP contribution in [0.25, 0.3) is 0 Å². The van der Waals surface area contributed by atoms with E-state index in [1.807, 2.05) is 6.92 Å². The van der Waals surface area contributed by atoms with E-state index in [4.69, 9.17) is 0 Å². The lowest BCUT2D eigenvalue weighted by molar-refractivity contribution is -0.123. The Morgan fingerprint density at radius 1 is 0.952 bits per heavy atom. The highest BCUT2D eigenvalue weighted by atomic mass is 16.1. The zero-order chi connectivity index (χ0) is 16.5. The summed E-state index contributed by atoms with van der Waals surface area (Å²) in [4.78, 5) is 23.1. The van der Waals surface area contributed by atoms with Crippen LogP contribution < -0.4 is 5.32 Å². The lowest BCUT2D eigenvalue weighted by Crippen LogP contribution is -2.31. The Morgan fingerprint density at radius 2 is 1.57 bits per heavy atom. The first kappa shape index (κ1) is 20.1. The molecule has 0 aliphatic heterocycles. The summed E-state index contributed by atoms with van der Waals surface area (Å²) in [6, 6.07) is 0. The molecule has 0 aromatic rings. The maximum Gasteiger partial charge on any atom is 0.220 e. The molecule has 0 atom stereocenters. The summed E-state index contributed by atoms with van der Waals surface area (Å²) in [6.45, 7) is 13.6. The molecule has 1 N–H and O–H groups in total. The third kappa shape index (κ3) is 12.6. The minimum atomic E-state index is 0.0376. The zero-order valence-electron chi connectivity index (χ0n) is 15.0. The number of hydrogen-bond donors (Lipinski definition) is 1. The molecule has 0 saturated carbocycles. The van der Waals surface area contributed by atoms with E-state index in [1.165, 1.54) is 0 Å². The fourth-order valence-electron chi connectivity index (χ4n) is 3.02. The molecule has 0 aliphatic carbocycles. The number of carbonyl (C=O) groups excluding carboxylic acids is 2. The molecule has 3 nitrogen and oxygen atoms in total. The van der Waals surface area contributed by atoms with Gasteiger partial charge in [-0.2, -0.15) is 0 Å². The summed E-state index contributed by atoms with van der Waals surface area (Å²) < 4.78 is 0. The molecule has 0 heterocycles. The Bertz CT molecular complexity index is 327. The number of unbranched alkanes of at least 4 members (excludes halogenated alkanes) is 2. The van der Waals surface area contributed by atoms with Gasteiger partial charge in [-0.1, -0.05) is 48.0 Å². The smallest absolute Gasteiger partial charge is 0.220 e. The number of Topliss-reactive ketones (excluding diaryl/α,β-unsaturated/α-hetero) is 1. The third-order valence-electron chi connectivity index (χ3n) is 3.50. The Labute approximate surface area is 131 Å². The van der Waals surface area contributed by atoms with Gasteiger partial charge in [0, 0.05) is 25.8 Å². The van der Waals surface area contributed by atoms with E-state index in [0.29, 0.717) is 25.0 Å². The largest absolute Gasteiger partial charge is 0.356 e. The SMILES string of the molecule is CCC(=O)CCCCCNC(=O)CC(C)(C)CC(C)(C)C. The first-order valence-electron chi connectivity index (χ1n) is 8.34. The molecule has 0 bridgehead atoms. The van der Waals surface area contributed by atoms with E-state index in [1.54, 1.807) is 0 Å². The molecule has 3 heteroatoms. The molecule has 0 fully saturated rings.